The Hall–Kier alpha value is -3.74. The van der Waals surface area contributed by atoms with Crippen molar-refractivity contribution >= 4 is 23.4 Å². The van der Waals surface area contributed by atoms with Gasteiger partial charge in [0.2, 0.25) is 0 Å². The fourth-order valence-electron chi connectivity index (χ4n) is 2.61. The van der Waals surface area contributed by atoms with Crippen molar-refractivity contribution < 1.29 is 23.5 Å². The molecule has 2 aromatic carbocycles. The molecule has 0 saturated heterocycles. The summed E-state index contributed by atoms with van der Waals surface area (Å²) in [4.78, 5) is 25.7. The van der Waals surface area contributed by atoms with E-state index < -0.39 is 6.09 Å². The fourth-order valence-corrected chi connectivity index (χ4v) is 2.61. The molecule has 0 aliphatic heterocycles. The average molecular weight is 394 g/mol. The molecule has 3 rings (SSSR count). The molecule has 1 heterocycles. The van der Waals surface area contributed by atoms with Crippen LogP contribution in [-0.2, 0) is 11.3 Å². The maximum absolute atomic E-state index is 12.6. The predicted octanol–water partition coefficient (Wildman–Crippen LogP) is 4.70. The summed E-state index contributed by atoms with van der Waals surface area (Å²) in [6.07, 6.45) is 1.01. The SMILES string of the molecule is CCOC(=O)N(C)c1ccc(NC(=O)c2occc2COc2ccccc2)cc1. The third-order valence-electron chi connectivity index (χ3n) is 4.14. The maximum Gasteiger partial charge on any atom is 0.413 e. The van der Waals surface area contributed by atoms with Gasteiger partial charge in [-0.1, -0.05) is 18.2 Å². The van der Waals surface area contributed by atoms with Crippen LogP contribution in [0.3, 0.4) is 0 Å². The smallest absolute Gasteiger partial charge is 0.413 e. The normalized spacial score (nSPS) is 10.3. The van der Waals surface area contributed by atoms with Gasteiger partial charge in [-0.05, 0) is 49.4 Å². The second kappa shape index (κ2) is 9.45. The zero-order chi connectivity index (χ0) is 20.6. The van der Waals surface area contributed by atoms with Crippen molar-refractivity contribution in [3.63, 3.8) is 0 Å². The molecule has 0 fully saturated rings. The zero-order valence-electron chi connectivity index (χ0n) is 16.3. The van der Waals surface area contributed by atoms with E-state index in [-0.39, 0.29) is 18.3 Å². The van der Waals surface area contributed by atoms with Gasteiger partial charge in [0.1, 0.15) is 12.4 Å². The Kier molecular flexibility index (Phi) is 6.52. The molecule has 150 valence electrons. The van der Waals surface area contributed by atoms with E-state index in [1.807, 2.05) is 30.3 Å². The highest BCUT2D eigenvalue weighted by Crippen LogP contribution is 2.20. The summed E-state index contributed by atoms with van der Waals surface area (Å²) in [6.45, 7) is 2.27. The maximum atomic E-state index is 12.6. The van der Waals surface area contributed by atoms with Gasteiger partial charge in [0.25, 0.3) is 5.91 Å². The number of nitrogens with zero attached hydrogens (tertiary/aromatic N) is 1. The number of carbonyl (C=O) groups is 2. The van der Waals surface area contributed by atoms with Crippen molar-refractivity contribution in [3.8, 4) is 5.75 Å². The number of rotatable bonds is 7. The highest BCUT2D eigenvalue weighted by Gasteiger charge is 2.17. The van der Waals surface area contributed by atoms with Gasteiger partial charge < -0.3 is 19.2 Å². The summed E-state index contributed by atoms with van der Waals surface area (Å²) in [5, 5.41) is 2.78. The van der Waals surface area contributed by atoms with Gasteiger partial charge in [-0.15, -0.1) is 0 Å². The molecule has 7 heteroatoms. The van der Waals surface area contributed by atoms with Crippen LogP contribution in [0.15, 0.2) is 71.3 Å². The zero-order valence-corrected chi connectivity index (χ0v) is 16.3. The molecular formula is C22H22N2O5. The molecule has 0 unspecified atom stereocenters. The van der Waals surface area contributed by atoms with E-state index in [2.05, 4.69) is 5.32 Å². The molecule has 3 aromatic rings. The quantitative estimate of drug-likeness (QED) is 0.628. The van der Waals surface area contributed by atoms with Crippen LogP contribution in [-0.4, -0.2) is 25.7 Å². The molecule has 29 heavy (non-hydrogen) atoms. The minimum Gasteiger partial charge on any atom is -0.489 e. The van der Waals surface area contributed by atoms with Gasteiger partial charge in [0, 0.05) is 24.0 Å². The number of hydrogen-bond acceptors (Lipinski definition) is 5. The summed E-state index contributed by atoms with van der Waals surface area (Å²) in [6, 6.07) is 17.9. The standard InChI is InChI=1S/C22H22N2O5/c1-3-27-22(26)24(2)18-11-9-17(10-12-18)23-21(25)20-16(13-14-28-20)15-29-19-7-5-4-6-8-19/h4-14H,3,15H2,1-2H3,(H,23,25). The Morgan fingerprint density at radius 3 is 2.45 bits per heavy atom. The monoisotopic (exact) mass is 394 g/mol. The summed E-state index contributed by atoms with van der Waals surface area (Å²) in [5.41, 5.74) is 1.86. The van der Waals surface area contributed by atoms with Crippen molar-refractivity contribution in [2.75, 3.05) is 23.9 Å². The van der Waals surface area contributed by atoms with Crippen molar-refractivity contribution in [2.45, 2.75) is 13.5 Å². The number of carbonyl (C=O) groups excluding carboxylic acids is 2. The number of amides is 2. The summed E-state index contributed by atoms with van der Waals surface area (Å²) in [5.74, 6) is 0.517. The lowest BCUT2D eigenvalue weighted by molar-refractivity contribution is 0.0993. The molecule has 1 N–H and O–H groups in total. The lowest BCUT2D eigenvalue weighted by atomic mass is 10.2. The molecule has 2 amide bonds. The molecule has 0 radical (unpaired) electrons. The molecule has 0 atom stereocenters. The Morgan fingerprint density at radius 1 is 1.03 bits per heavy atom. The first kappa shape index (κ1) is 20.0. The summed E-state index contributed by atoms with van der Waals surface area (Å²) >= 11 is 0. The van der Waals surface area contributed by atoms with E-state index >= 15 is 0 Å². The highest BCUT2D eigenvalue weighted by molar-refractivity contribution is 6.03. The largest absolute Gasteiger partial charge is 0.489 e. The Labute approximate surface area is 168 Å². The van der Waals surface area contributed by atoms with E-state index in [0.29, 0.717) is 29.3 Å². The van der Waals surface area contributed by atoms with Crippen LogP contribution in [0.25, 0.3) is 0 Å². The number of anilines is 2. The van der Waals surface area contributed by atoms with Crippen molar-refractivity contribution in [1.29, 1.82) is 0 Å². The van der Waals surface area contributed by atoms with Crippen LogP contribution in [0.1, 0.15) is 23.0 Å². The van der Waals surface area contributed by atoms with Crippen molar-refractivity contribution in [3.05, 3.63) is 78.3 Å². The minimum atomic E-state index is -0.442. The van der Waals surface area contributed by atoms with E-state index in [1.165, 1.54) is 11.2 Å². The van der Waals surface area contributed by atoms with Gasteiger partial charge in [0.05, 0.1) is 12.9 Å². The molecule has 0 bridgehead atoms. The number of ether oxygens (including phenoxy) is 2. The molecular weight excluding hydrogens is 372 g/mol. The van der Waals surface area contributed by atoms with Crippen LogP contribution in [0, 0.1) is 0 Å². The molecule has 0 saturated carbocycles. The average Bonchev–Trinajstić information content (AvgIpc) is 3.22. The van der Waals surface area contributed by atoms with Gasteiger partial charge >= 0.3 is 6.09 Å². The highest BCUT2D eigenvalue weighted by atomic mass is 16.6. The van der Waals surface area contributed by atoms with Gasteiger partial charge in [-0.25, -0.2) is 4.79 Å². The number of nitrogens with one attached hydrogen (secondary N) is 1. The van der Waals surface area contributed by atoms with Crippen LogP contribution >= 0.6 is 0 Å². The minimum absolute atomic E-state index is 0.189. The van der Waals surface area contributed by atoms with Crippen LogP contribution in [0.5, 0.6) is 5.75 Å². The Morgan fingerprint density at radius 2 is 1.76 bits per heavy atom. The van der Waals surface area contributed by atoms with Crippen LogP contribution < -0.4 is 15.0 Å². The molecule has 0 aliphatic carbocycles. The van der Waals surface area contributed by atoms with Crippen molar-refractivity contribution in [2.24, 2.45) is 0 Å². The third-order valence-corrected chi connectivity index (χ3v) is 4.14. The second-order valence-electron chi connectivity index (χ2n) is 6.14. The van der Waals surface area contributed by atoms with E-state index in [1.54, 1.807) is 44.3 Å². The lowest BCUT2D eigenvalue weighted by Crippen LogP contribution is -2.26. The first-order valence-electron chi connectivity index (χ1n) is 9.14. The number of furan rings is 1. The lowest BCUT2D eigenvalue weighted by Gasteiger charge is -2.16. The van der Waals surface area contributed by atoms with Crippen LogP contribution in [0.4, 0.5) is 16.2 Å². The predicted molar refractivity (Wildman–Crippen MR) is 109 cm³/mol. The first-order valence-corrected chi connectivity index (χ1v) is 9.14. The number of hydrogen-bond donors (Lipinski definition) is 1. The topological polar surface area (TPSA) is 81.0 Å². The summed E-state index contributed by atoms with van der Waals surface area (Å²) in [7, 11) is 1.62. The molecule has 1 aromatic heterocycles. The van der Waals surface area contributed by atoms with Gasteiger partial charge in [-0.2, -0.15) is 0 Å². The van der Waals surface area contributed by atoms with Gasteiger partial charge in [0.15, 0.2) is 5.76 Å². The van der Waals surface area contributed by atoms with Crippen molar-refractivity contribution in [1.82, 2.24) is 0 Å². The van der Waals surface area contributed by atoms with Crippen LogP contribution in [0.2, 0.25) is 0 Å². The summed E-state index contributed by atoms with van der Waals surface area (Å²) < 4.78 is 16.0. The van der Waals surface area contributed by atoms with E-state index in [9.17, 15) is 9.59 Å². The molecule has 7 nitrogen and oxygen atoms in total. The molecule has 0 spiro atoms. The van der Waals surface area contributed by atoms with E-state index in [4.69, 9.17) is 13.9 Å². The number of benzene rings is 2. The fraction of sp³-hybridized carbons (Fsp3) is 0.182. The molecule has 0 aliphatic rings. The Balaban J connectivity index is 1.62. The van der Waals surface area contributed by atoms with E-state index in [0.717, 1.165) is 0 Å². The van der Waals surface area contributed by atoms with Gasteiger partial charge in [-0.3, -0.25) is 9.69 Å². The second-order valence-corrected chi connectivity index (χ2v) is 6.14. The number of para-hydroxylation sites is 1. The third kappa shape index (κ3) is 5.16. The first-order chi connectivity index (χ1) is 14.1. The Bertz CT molecular complexity index is 951.